The molecule has 0 aliphatic rings. The number of aromatic nitrogens is 2. The molecule has 0 bridgehead atoms. The summed E-state index contributed by atoms with van der Waals surface area (Å²) in [6, 6.07) is 8.15. The van der Waals surface area contributed by atoms with E-state index in [0.717, 1.165) is 30.8 Å². The van der Waals surface area contributed by atoms with Crippen LogP contribution in [0.25, 0.3) is 6.20 Å². The van der Waals surface area contributed by atoms with Crippen LogP contribution in [0.3, 0.4) is 0 Å². The number of benzene rings is 1. The van der Waals surface area contributed by atoms with E-state index in [2.05, 4.69) is 29.1 Å². The zero-order valence-corrected chi connectivity index (χ0v) is 11.2. The molecule has 19 heavy (non-hydrogen) atoms. The summed E-state index contributed by atoms with van der Waals surface area (Å²) in [6.07, 6.45) is 6.47. The molecule has 0 spiro atoms. The second-order valence-electron chi connectivity index (χ2n) is 4.29. The van der Waals surface area contributed by atoms with Crippen LogP contribution < -0.4 is 10.1 Å². The third-order valence-corrected chi connectivity index (χ3v) is 2.90. The number of rotatable bonds is 7. The highest BCUT2D eigenvalue weighted by Crippen LogP contribution is 2.12. The van der Waals surface area contributed by atoms with Gasteiger partial charge in [0.25, 0.3) is 0 Å². The third kappa shape index (κ3) is 3.96. The lowest BCUT2D eigenvalue weighted by Gasteiger charge is -2.05. The SMILES string of the molecule is C=Cn1cc(CNCCc2cccc(OC)c2)cn1. The third-order valence-electron chi connectivity index (χ3n) is 2.90. The molecule has 0 fully saturated rings. The van der Waals surface area contributed by atoms with Crippen molar-refractivity contribution in [1.29, 1.82) is 0 Å². The van der Waals surface area contributed by atoms with Crippen LogP contribution in [0.15, 0.2) is 43.2 Å². The van der Waals surface area contributed by atoms with Crippen molar-refractivity contribution in [1.82, 2.24) is 15.1 Å². The van der Waals surface area contributed by atoms with Crippen LogP contribution in [0.2, 0.25) is 0 Å². The maximum Gasteiger partial charge on any atom is 0.119 e. The van der Waals surface area contributed by atoms with Crippen LogP contribution in [-0.4, -0.2) is 23.4 Å². The fourth-order valence-corrected chi connectivity index (χ4v) is 1.86. The first-order chi connectivity index (χ1) is 9.31. The minimum Gasteiger partial charge on any atom is -0.497 e. The zero-order valence-electron chi connectivity index (χ0n) is 11.2. The molecule has 0 radical (unpaired) electrons. The first-order valence-corrected chi connectivity index (χ1v) is 6.31. The van der Waals surface area contributed by atoms with Crippen molar-refractivity contribution >= 4 is 6.20 Å². The minimum absolute atomic E-state index is 0.817. The van der Waals surface area contributed by atoms with Gasteiger partial charge in [0.05, 0.1) is 13.3 Å². The topological polar surface area (TPSA) is 39.1 Å². The average molecular weight is 257 g/mol. The van der Waals surface area contributed by atoms with E-state index in [1.165, 1.54) is 5.56 Å². The smallest absolute Gasteiger partial charge is 0.119 e. The molecule has 0 aliphatic carbocycles. The molecular weight excluding hydrogens is 238 g/mol. The standard InChI is InChI=1S/C15H19N3O/c1-3-18-12-14(11-17-18)10-16-8-7-13-5-4-6-15(9-13)19-2/h3-6,9,11-12,16H,1,7-8,10H2,2H3. The Balaban J connectivity index is 1.75. The van der Waals surface area contributed by atoms with E-state index < -0.39 is 0 Å². The van der Waals surface area contributed by atoms with Crippen LogP contribution in [0.1, 0.15) is 11.1 Å². The van der Waals surface area contributed by atoms with Crippen molar-refractivity contribution in [3.05, 3.63) is 54.4 Å². The second kappa shape index (κ2) is 6.75. The highest BCUT2D eigenvalue weighted by Gasteiger charge is 1.98. The van der Waals surface area contributed by atoms with Gasteiger partial charge in [-0.3, -0.25) is 0 Å². The van der Waals surface area contributed by atoms with Crippen molar-refractivity contribution in [3.8, 4) is 5.75 Å². The molecule has 1 N–H and O–H groups in total. The molecule has 0 amide bonds. The van der Waals surface area contributed by atoms with Gasteiger partial charge in [0.1, 0.15) is 5.75 Å². The summed E-state index contributed by atoms with van der Waals surface area (Å²) in [5, 5.41) is 7.53. The van der Waals surface area contributed by atoms with E-state index >= 15 is 0 Å². The van der Waals surface area contributed by atoms with E-state index in [9.17, 15) is 0 Å². The van der Waals surface area contributed by atoms with Gasteiger partial charge in [0, 0.05) is 24.5 Å². The maximum atomic E-state index is 5.20. The number of ether oxygens (including phenoxy) is 1. The van der Waals surface area contributed by atoms with E-state index in [-0.39, 0.29) is 0 Å². The molecule has 0 unspecified atom stereocenters. The summed E-state index contributed by atoms with van der Waals surface area (Å²) < 4.78 is 6.91. The summed E-state index contributed by atoms with van der Waals surface area (Å²) in [7, 11) is 1.69. The molecule has 0 saturated carbocycles. The Morgan fingerprint density at radius 3 is 3.05 bits per heavy atom. The van der Waals surface area contributed by atoms with Gasteiger partial charge in [-0.1, -0.05) is 18.7 Å². The molecule has 2 aromatic rings. The van der Waals surface area contributed by atoms with E-state index in [1.54, 1.807) is 18.0 Å². The molecule has 4 nitrogen and oxygen atoms in total. The Morgan fingerprint density at radius 1 is 1.42 bits per heavy atom. The first kappa shape index (κ1) is 13.4. The largest absolute Gasteiger partial charge is 0.497 e. The molecule has 0 saturated heterocycles. The maximum absolute atomic E-state index is 5.20. The Bertz CT molecular complexity index is 534. The van der Waals surface area contributed by atoms with Crippen molar-refractivity contribution in [3.63, 3.8) is 0 Å². The molecule has 0 aliphatic heterocycles. The Morgan fingerprint density at radius 2 is 2.32 bits per heavy atom. The fraction of sp³-hybridized carbons (Fsp3) is 0.267. The van der Waals surface area contributed by atoms with E-state index in [0.29, 0.717) is 0 Å². The predicted molar refractivity (Wildman–Crippen MR) is 77.0 cm³/mol. The van der Waals surface area contributed by atoms with Crippen molar-refractivity contribution < 1.29 is 4.74 Å². The van der Waals surface area contributed by atoms with E-state index in [1.807, 2.05) is 24.5 Å². The Hall–Kier alpha value is -2.07. The molecule has 1 aromatic carbocycles. The van der Waals surface area contributed by atoms with Crippen LogP contribution >= 0.6 is 0 Å². The van der Waals surface area contributed by atoms with Gasteiger partial charge < -0.3 is 10.1 Å². The van der Waals surface area contributed by atoms with Gasteiger partial charge in [0.2, 0.25) is 0 Å². The number of nitrogens with one attached hydrogen (secondary N) is 1. The number of hydrogen-bond donors (Lipinski definition) is 1. The summed E-state index contributed by atoms with van der Waals surface area (Å²) in [5.74, 6) is 0.907. The summed E-state index contributed by atoms with van der Waals surface area (Å²) >= 11 is 0. The normalized spacial score (nSPS) is 10.4. The summed E-state index contributed by atoms with van der Waals surface area (Å²) in [6.45, 7) is 5.41. The molecule has 0 atom stereocenters. The number of nitrogens with zero attached hydrogens (tertiary/aromatic N) is 2. The van der Waals surface area contributed by atoms with Gasteiger partial charge in [0.15, 0.2) is 0 Å². The van der Waals surface area contributed by atoms with Crippen LogP contribution in [-0.2, 0) is 13.0 Å². The van der Waals surface area contributed by atoms with Crippen molar-refractivity contribution in [2.24, 2.45) is 0 Å². The Labute approximate surface area is 113 Å². The van der Waals surface area contributed by atoms with Crippen molar-refractivity contribution in [2.75, 3.05) is 13.7 Å². The van der Waals surface area contributed by atoms with Gasteiger partial charge in [-0.25, -0.2) is 4.68 Å². The Kier molecular flexibility index (Phi) is 4.75. The van der Waals surface area contributed by atoms with Gasteiger partial charge >= 0.3 is 0 Å². The number of methoxy groups -OCH3 is 1. The summed E-state index contributed by atoms with van der Waals surface area (Å²) in [5.41, 5.74) is 2.43. The lowest BCUT2D eigenvalue weighted by atomic mass is 10.1. The van der Waals surface area contributed by atoms with E-state index in [4.69, 9.17) is 4.74 Å². The van der Waals surface area contributed by atoms with Gasteiger partial charge in [-0.05, 0) is 30.7 Å². The number of hydrogen-bond acceptors (Lipinski definition) is 3. The fourth-order valence-electron chi connectivity index (χ4n) is 1.86. The zero-order chi connectivity index (χ0) is 13.5. The predicted octanol–water partition coefficient (Wildman–Crippen LogP) is 2.32. The molecular formula is C15H19N3O. The quantitative estimate of drug-likeness (QED) is 0.774. The molecule has 4 heteroatoms. The van der Waals surface area contributed by atoms with Crippen LogP contribution in [0.4, 0.5) is 0 Å². The first-order valence-electron chi connectivity index (χ1n) is 6.31. The monoisotopic (exact) mass is 257 g/mol. The average Bonchev–Trinajstić information content (AvgIpc) is 2.92. The highest BCUT2D eigenvalue weighted by atomic mass is 16.5. The molecule has 1 aromatic heterocycles. The second-order valence-corrected chi connectivity index (χ2v) is 4.29. The lowest BCUT2D eigenvalue weighted by molar-refractivity contribution is 0.414. The minimum atomic E-state index is 0.817. The molecule has 100 valence electrons. The van der Waals surface area contributed by atoms with Crippen molar-refractivity contribution in [2.45, 2.75) is 13.0 Å². The molecule has 2 rings (SSSR count). The lowest BCUT2D eigenvalue weighted by Crippen LogP contribution is -2.16. The van der Waals surface area contributed by atoms with Gasteiger partial charge in [-0.15, -0.1) is 0 Å². The summed E-state index contributed by atoms with van der Waals surface area (Å²) in [4.78, 5) is 0. The molecule has 1 heterocycles. The van der Waals surface area contributed by atoms with Crippen LogP contribution in [0, 0.1) is 0 Å². The van der Waals surface area contributed by atoms with Crippen LogP contribution in [0.5, 0.6) is 5.75 Å². The van der Waals surface area contributed by atoms with Gasteiger partial charge in [-0.2, -0.15) is 5.10 Å². The highest BCUT2D eigenvalue weighted by molar-refractivity contribution is 5.28.